The number of aryl methyl sites for hydroxylation is 2. The molecule has 0 fully saturated rings. The summed E-state index contributed by atoms with van der Waals surface area (Å²) >= 11 is 0. The van der Waals surface area contributed by atoms with Crippen LogP contribution >= 0.6 is 0 Å². The van der Waals surface area contributed by atoms with E-state index in [1.807, 2.05) is 19.9 Å². The molecule has 0 bridgehead atoms. The largest absolute Gasteiger partial charge is 0.326 e. The van der Waals surface area contributed by atoms with Crippen LogP contribution in [0, 0.1) is 13.8 Å². The van der Waals surface area contributed by atoms with Gasteiger partial charge in [-0.3, -0.25) is 9.82 Å². The lowest BCUT2D eigenvalue weighted by Crippen LogP contribution is -2.16. The second kappa shape index (κ2) is 5.02. The highest BCUT2D eigenvalue weighted by molar-refractivity contribution is 7.92. The zero-order valence-electron chi connectivity index (χ0n) is 10.8. The Morgan fingerprint density at radius 3 is 2.47 bits per heavy atom. The molecule has 0 unspecified atom stereocenters. The maximum Gasteiger partial charge on any atom is 0.279 e. The molecule has 0 saturated carbocycles. The van der Waals surface area contributed by atoms with Crippen LogP contribution in [0.25, 0.3) is 0 Å². The van der Waals surface area contributed by atoms with Crippen LogP contribution in [0.1, 0.15) is 16.7 Å². The third kappa shape index (κ3) is 2.94. The van der Waals surface area contributed by atoms with Gasteiger partial charge in [-0.1, -0.05) is 6.07 Å². The number of nitrogens with zero attached hydrogens (tertiary/aromatic N) is 1. The number of benzene rings is 1. The molecule has 0 spiro atoms. The number of hydrogen-bond donors (Lipinski definition) is 3. The number of anilines is 1. The molecular weight excluding hydrogens is 264 g/mol. The predicted molar refractivity (Wildman–Crippen MR) is 73.2 cm³/mol. The lowest BCUT2D eigenvalue weighted by atomic mass is 10.1. The van der Waals surface area contributed by atoms with Crippen molar-refractivity contribution in [3.63, 3.8) is 0 Å². The van der Waals surface area contributed by atoms with E-state index in [0.717, 1.165) is 11.1 Å². The molecule has 1 aromatic heterocycles. The summed E-state index contributed by atoms with van der Waals surface area (Å²) < 4.78 is 27.0. The first-order valence-electron chi connectivity index (χ1n) is 5.76. The van der Waals surface area contributed by atoms with Gasteiger partial charge in [-0.25, -0.2) is 0 Å². The number of aromatic nitrogens is 2. The molecular formula is C12H16N4O2S. The molecule has 0 atom stereocenters. The minimum atomic E-state index is -3.69. The van der Waals surface area contributed by atoms with Gasteiger partial charge in [0, 0.05) is 17.8 Å². The second-order valence-electron chi connectivity index (χ2n) is 4.41. The fourth-order valence-electron chi connectivity index (χ4n) is 1.92. The van der Waals surface area contributed by atoms with E-state index in [4.69, 9.17) is 5.73 Å². The van der Waals surface area contributed by atoms with Crippen LogP contribution in [0.5, 0.6) is 0 Å². The van der Waals surface area contributed by atoms with Crippen molar-refractivity contribution in [3.05, 3.63) is 41.1 Å². The molecule has 1 aromatic carbocycles. The molecule has 7 heteroatoms. The Morgan fingerprint density at radius 1 is 1.26 bits per heavy atom. The van der Waals surface area contributed by atoms with Crippen molar-refractivity contribution in [1.82, 2.24) is 10.2 Å². The molecule has 0 saturated heterocycles. The number of rotatable bonds is 4. The Labute approximate surface area is 112 Å². The number of nitrogens with two attached hydrogens (primary N) is 1. The maximum absolute atomic E-state index is 12.2. The summed E-state index contributed by atoms with van der Waals surface area (Å²) in [5, 5.41) is 6.19. The summed E-state index contributed by atoms with van der Waals surface area (Å²) in [6.07, 6.45) is 1.41. The second-order valence-corrected chi connectivity index (χ2v) is 6.03. The van der Waals surface area contributed by atoms with Crippen molar-refractivity contribution in [3.8, 4) is 0 Å². The molecule has 0 aliphatic heterocycles. The molecule has 0 aliphatic rings. The minimum absolute atomic E-state index is 0.00848. The molecule has 19 heavy (non-hydrogen) atoms. The molecule has 2 aromatic rings. The van der Waals surface area contributed by atoms with Crippen molar-refractivity contribution in [2.75, 3.05) is 4.72 Å². The molecule has 0 amide bonds. The number of nitrogens with one attached hydrogen (secondary N) is 2. The van der Waals surface area contributed by atoms with Gasteiger partial charge in [0.15, 0.2) is 5.03 Å². The zero-order chi connectivity index (χ0) is 14.0. The average Bonchev–Trinajstić information content (AvgIpc) is 2.75. The number of H-pyrrole nitrogens is 1. The first-order chi connectivity index (χ1) is 8.92. The van der Waals surface area contributed by atoms with Gasteiger partial charge in [0.05, 0.1) is 6.20 Å². The fourth-order valence-corrected chi connectivity index (χ4v) is 3.10. The SMILES string of the molecule is Cc1cc(C)cc(NS(=O)(=O)c2[nH]ncc2CN)c1. The molecule has 6 nitrogen and oxygen atoms in total. The standard InChI is InChI=1S/C12H16N4O2S/c1-8-3-9(2)5-11(4-8)16-19(17,18)12-10(6-13)7-14-15-12/h3-5,7,16H,6,13H2,1-2H3,(H,14,15). The van der Waals surface area contributed by atoms with Crippen molar-refractivity contribution in [2.45, 2.75) is 25.4 Å². The topological polar surface area (TPSA) is 101 Å². The molecule has 2 rings (SSSR count). The highest BCUT2D eigenvalue weighted by Gasteiger charge is 2.20. The zero-order valence-corrected chi connectivity index (χ0v) is 11.6. The van der Waals surface area contributed by atoms with E-state index in [9.17, 15) is 8.42 Å². The van der Waals surface area contributed by atoms with Gasteiger partial charge in [-0.15, -0.1) is 0 Å². The van der Waals surface area contributed by atoms with Crippen molar-refractivity contribution in [1.29, 1.82) is 0 Å². The van der Waals surface area contributed by atoms with Crippen LogP contribution < -0.4 is 10.5 Å². The van der Waals surface area contributed by atoms with E-state index in [1.165, 1.54) is 6.20 Å². The van der Waals surface area contributed by atoms with Crippen molar-refractivity contribution in [2.24, 2.45) is 5.73 Å². The maximum atomic E-state index is 12.2. The van der Waals surface area contributed by atoms with Crippen molar-refractivity contribution >= 4 is 15.7 Å². The van der Waals surface area contributed by atoms with Gasteiger partial charge in [0.2, 0.25) is 0 Å². The Morgan fingerprint density at radius 2 is 1.89 bits per heavy atom. The third-order valence-corrected chi connectivity index (χ3v) is 4.04. The predicted octanol–water partition coefficient (Wildman–Crippen LogP) is 1.29. The molecule has 0 aliphatic carbocycles. The summed E-state index contributed by atoms with van der Waals surface area (Å²) in [4.78, 5) is 0. The summed E-state index contributed by atoms with van der Waals surface area (Å²) in [5.74, 6) is 0. The summed E-state index contributed by atoms with van der Waals surface area (Å²) in [6, 6.07) is 5.51. The van der Waals surface area contributed by atoms with Gasteiger partial charge >= 0.3 is 0 Å². The third-order valence-electron chi connectivity index (χ3n) is 2.64. The Kier molecular flexibility index (Phi) is 3.59. The fraction of sp³-hybridized carbons (Fsp3) is 0.250. The van der Waals surface area contributed by atoms with E-state index in [0.29, 0.717) is 11.3 Å². The lowest BCUT2D eigenvalue weighted by molar-refractivity contribution is 0.596. The summed E-state index contributed by atoms with van der Waals surface area (Å²) in [5.41, 5.74) is 8.43. The van der Waals surface area contributed by atoms with Gasteiger partial charge in [0.25, 0.3) is 10.0 Å². The number of hydrogen-bond acceptors (Lipinski definition) is 4. The summed E-state index contributed by atoms with van der Waals surface area (Å²) in [6.45, 7) is 3.93. The number of aromatic amines is 1. The molecule has 0 radical (unpaired) electrons. The van der Waals surface area contributed by atoms with Crippen molar-refractivity contribution < 1.29 is 8.42 Å². The van der Waals surface area contributed by atoms with Crippen LogP contribution in [0.2, 0.25) is 0 Å². The van der Waals surface area contributed by atoms with E-state index in [2.05, 4.69) is 14.9 Å². The van der Waals surface area contributed by atoms with Gasteiger partial charge in [-0.05, 0) is 37.1 Å². The Bertz CT molecular complexity index is 671. The minimum Gasteiger partial charge on any atom is -0.326 e. The monoisotopic (exact) mass is 280 g/mol. The van der Waals surface area contributed by atoms with E-state index < -0.39 is 10.0 Å². The summed E-state index contributed by atoms with van der Waals surface area (Å²) in [7, 11) is -3.69. The van der Waals surface area contributed by atoms with Crippen LogP contribution in [0.4, 0.5) is 5.69 Å². The van der Waals surface area contributed by atoms with Gasteiger partial charge in [0.1, 0.15) is 0 Å². The van der Waals surface area contributed by atoms with E-state index in [-0.39, 0.29) is 11.6 Å². The molecule has 4 N–H and O–H groups in total. The average molecular weight is 280 g/mol. The van der Waals surface area contributed by atoms with E-state index >= 15 is 0 Å². The van der Waals surface area contributed by atoms with Crippen LogP contribution in [0.3, 0.4) is 0 Å². The highest BCUT2D eigenvalue weighted by atomic mass is 32.2. The smallest absolute Gasteiger partial charge is 0.279 e. The van der Waals surface area contributed by atoms with Crippen LogP contribution in [0.15, 0.2) is 29.4 Å². The van der Waals surface area contributed by atoms with Gasteiger partial charge in [-0.2, -0.15) is 13.5 Å². The Balaban J connectivity index is 2.36. The van der Waals surface area contributed by atoms with Crippen LogP contribution in [-0.4, -0.2) is 18.6 Å². The van der Waals surface area contributed by atoms with Gasteiger partial charge < -0.3 is 5.73 Å². The lowest BCUT2D eigenvalue weighted by Gasteiger charge is -2.09. The quantitative estimate of drug-likeness (QED) is 0.785. The van der Waals surface area contributed by atoms with Crippen LogP contribution in [-0.2, 0) is 16.6 Å². The first-order valence-corrected chi connectivity index (χ1v) is 7.24. The van der Waals surface area contributed by atoms with E-state index in [1.54, 1.807) is 12.1 Å². The Hall–Kier alpha value is -1.86. The molecule has 1 heterocycles. The number of sulfonamides is 1. The molecule has 102 valence electrons. The highest BCUT2D eigenvalue weighted by Crippen LogP contribution is 2.19. The normalized spacial score (nSPS) is 11.5. The first kappa shape index (κ1) is 13.6.